The summed E-state index contributed by atoms with van der Waals surface area (Å²) in [5.41, 5.74) is 2.02. The lowest BCUT2D eigenvalue weighted by Gasteiger charge is -2.08. The third-order valence-electron chi connectivity index (χ3n) is 2.24. The lowest BCUT2D eigenvalue weighted by atomic mass is 10.2. The van der Waals surface area contributed by atoms with Gasteiger partial charge in [-0.05, 0) is 48.0 Å². The van der Waals surface area contributed by atoms with Crippen molar-refractivity contribution in [2.45, 2.75) is 19.2 Å². The molecule has 0 aliphatic carbocycles. The van der Waals surface area contributed by atoms with Crippen molar-refractivity contribution in [3.8, 4) is 5.69 Å². The molecule has 2 aromatic rings. The number of hydrogen-bond acceptors (Lipinski definition) is 3. The van der Waals surface area contributed by atoms with E-state index >= 15 is 0 Å². The molecule has 0 radical (unpaired) electrons. The number of tetrazole rings is 1. The average Bonchev–Trinajstić information content (AvgIpc) is 2.66. The van der Waals surface area contributed by atoms with Crippen molar-refractivity contribution in [3.05, 3.63) is 34.1 Å². The summed E-state index contributed by atoms with van der Waals surface area (Å²) in [5.74, 6) is 0.645. The Kier molecular flexibility index (Phi) is 3.25. The monoisotopic (exact) mass is 300 g/mol. The Balaban J connectivity index is 2.54. The van der Waals surface area contributed by atoms with E-state index in [1.807, 2.05) is 32.0 Å². The minimum absolute atomic E-state index is 0.224. The van der Waals surface area contributed by atoms with Gasteiger partial charge in [-0.3, -0.25) is 0 Å². The van der Waals surface area contributed by atoms with Crippen LogP contribution in [0.3, 0.4) is 0 Å². The average molecular weight is 302 g/mol. The van der Waals surface area contributed by atoms with Crippen LogP contribution in [0.15, 0.2) is 22.7 Å². The molecule has 6 heteroatoms. The molecule has 0 amide bonds. The van der Waals surface area contributed by atoms with Crippen LogP contribution in [0.1, 0.15) is 23.7 Å². The molecule has 16 heavy (non-hydrogen) atoms. The standard InChI is InChI=1S/C10H10BrClN4/c1-6-5-8(11)3-4-9(6)16-10(7(2)12)13-14-15-16/h3-5,7H,1-2H3. The zero-order valence-corrected chi connectivity index (χ0v) is 11.2. The fourth-order valence-electron chi connectivity index (χ4n) is 1.47. The first-order valence-electron chi connectivity index (χ1n) is 4.78. The molecule has 0 saturated heterocycles. The van der Waals surface area contributed by atoms with Crippen molar-refractivity contribution >= 4 is 27.5 Å². The Morgan fingerprint density at radius 1 is 1.44 bits per heavy atom. The highest BCUT2D eigenvalue weighted by molar-refractivity contribution is 9.10. The van der Waals surface area contributed by atoms with Gasteiger partial charge >= 0.3 is 0 Å². The van der Waals surface area contributed by atoms with Gasteiger partial charge in [-0.25, -0.2) is 0 Å². The van der Waals surface area contributed by atoms with Crippen molar-refractivity contribution in [1.82, 2.24) is 20.2 Å². The number of alkyl halides is 1. The van der Waals surface area contributed by atoms with E-state index in [0.717, 1.165) is 15.7 Å². The van der Waals surface area contributed by atoms with E-state index in [0.29, 0.717) is 5.82 Å². The van der Waals surface area contributed by atoms with Gasteiger partial charge in [0.15, 0.2) is 5.82 Å². The van der Waals surface area contributed by atoms with Crippen molar-refractivity contribution in [2.24, 2.45) is 0 Å². The normalized spacial score (nSPS) is 12.8. The van der Waals surface area contributed by atoms with Crippen LogP contribution in [0.2, 0.25) is 0 Å². The van der Waals surface area contributed by atoms with E-state index in [4.69, 9.17) is 11.6 Å². The molecule has 0 spiro atoms. The van der Waals surface area contributed by atoms with Crippen LogP contribution in [-0.2, 0) is 0 Å². The lowest BCUT2D eigenvalue weighted by Crippen LogP contribution is -2.05. The molecule has 1 heterocycles. The Morgan fingerprint density at radius 3 is 2.81 bits per heavy atom. The van der Waals surface area contributed by atoms with Gasteiger partial charge in [-0.15, -0.1) is 16.7 Å². The SMILES string of the molecule is Cc1cc(Br)ccc1-n1nnnc1C(C)Cl. The lowest BCUT2D eigenvalue weighted by molar-refractivity contribution is 0.756. The van der Waals surface area contributed by atoms with Crippen LogP contribution in [-0.4, -0.2) is 20.2 Å². The maximum Gasteiger partial charge on any atom is 0.174 e. The molecule has 0 fully saturated rings. The van der Waals surface area contributed by atoms with Crippen molar-refractivity contribution < 1.29 is 0 Å². The predicted molar refractivity (Wildman–Crippen MR) is 65.9 cm³/mol. The summed E-state index contributed by atoms with van der Waals surface area (Å²) in [7, 11) is 0. The Labute approximate surface area is 107 Å². The summed E-state index contributed by atoms with van der Waals surface area (Å²) >= 11 is 9.43. The number of rotatable bonds is 2. The quantitative estimate of drug-likeness (QED) is 0.801. The molecule has 1 atom stereocenters. The van der Waals surface area contributed by atoms with E-state index in [9.17, 15) is 0 Å². The first-order valence-corrected chi connectivity index (χ1v) is 6.01. The maximum atomic E-state index is 6.01. The van der Waals surface area contributed by atoms with Crippen LogP contribution < -0.4 is 0 Å². The van der Waals surface area contributed by atoms with Crippen LogP contribution in [0.5, 0.6) is 0 Å². The Hall–Kier alpha value is -0.940. The molecule has 1 aromatic heterocycles. The van der Waals surface area contributed by atoms with Crippen molar-refractivity contribution in [1.29, 1.82) is 0 Å². The molecular weight excluding hydrogens is 291 g/mol. The molecule has 84 valence electrons. The molecule has 2 rings (SSSR count). The summed E-state index contributed by atoms with van der Waals surface area (Å²) in [5, 5.41) is 11.3. The van der Waals surface area contributed by atoms with Gasteiger partial charge in [0.05, 0.1) is 11.1 Å². The van der Waals surface area contributed by atoms with Crippen molar-refractivity contribution in [3.63, 3.8) is 0 Å². The number of benzene rings is 1. The minimum Gasteiger partial charge on any atom is -0.196 e. The van der Waals surface area contributed by atoms with Crippen LogP contribution >= 0.6 is 27.5 Å². The summed E-state index contributed by atoms with van der Waals surface area (Å²) in [6, 6.07) is 5.92. The molecular formula is C10H10BrClN4. The second kappa shape index (κ2) is 4.51. The number of hydrogen-bond donors (Lipinski definition) is 0. The van der Waals surface area contributed by atoms with Crippen LogP contribution in [0.25, 0.3) is 5.69 Å². The third kappa shape index (κ3) is 2.10. The predicted octanol–water partition coefficient (Wildman–Crippen LogP) is 3.03. The fraction of sp³-hybridized carbons (Fsp3) is 0.300. The van der Waals surface area contributed by atoms with Gasteiger partial charge < -0.3 is 0 Å². The fourth-order valence-corrected chi connectivity index (χ4v) is 2.08. The summed E-state index contributed by atoms with van der Waals surface area (Å²) < 4.78 is 2.70. The summed E-state index contributed by atoms with van der Waals surface area (Å²) in [4.78, 5) is 0. The van der Waals surface area contributed by atoms with E-state index < -0.39 is 0 Å². The second-order valence-electron chi connectivity index (χ2n) is 3.50. The summed E-state index contributed by atoms with van der Waals surface area (Å²) in [6.45, 7) is 3.85. The molecule has 0 saturated carbocycles. The zero-order chi connectivity index (χ0) is 11.7. The number of aromatic nitrogens is 4. The number of aryl methyl sites for hydroxylation is 1. The highest BCUT2D eigenvalue weighted by Crippen LogP contribution is 2.23. The van der Waals surface area contributed by atoms with E-state index in [-0.39, 0.29) is 5.38 Å². The second-order valence-corrected chi connectivity index (χ2v) is 5.07. The van der Waals surface area contributed by atoms with Gasteiger partial charge in [0.2, 0.25) is 0 Å². The third-order valence-corrected chi connectivity index (χ3v) is 2.92. The highest BCUT2D eigenvalue weighted by atomic mass is 79.9. The van der Waals surface area contributed by atoms with Gasteiger partial charge in [-0.1, -0.05) is 15.9 Å². The zero-order valence-electron chi connectivity index (χ0n) is 8.85. The van der Waals surface area contributed by atoms with Gasteiger partial charge in [0.25, 0.3) is 0 Å². The Bertz CT molecular complexity index is 509. The molecule has 0 bridgehead atoms. The number of nitrogens with zero attached hydrogens (tertiary/aromatic N) is 4. The smallest absolute Gasteiger partial charge is 0.174 e. The number of halogens is 2. The molecule has 1 unspecified atom stereocenters. The van der Waals surface area contributed by atoms with Gasteiger partial charge in [0.1, 0.15) is 0 Å². The molecule has 1 aromatic carbocycles. The molecule has 4 nitrogen and oxygen atoms in total. The van der Waals surface area contributed by atoms with E-state index in [1.165, 1.54) is 0 Å². The highest BCUT2D eigenvalue weighted by Gasteiger charge is 2.14. The van der Waals surface area contributed by atoms with Gasteiger partial charge in [0, 0.05) is 4.47 Å². The molecule has 0 aliphatic rings. The van der Waals surface area contributed by atoms with Crippen LogP contribution in [0, 0.1) is 6.92 Å². The minimum atomic E-state index is -0.224. The topological polar surface area (TPSA) is 43.6 Å². The molecule has 0 N–H and O–H groups in total. The summed E-state index contributed by atoms with van der Waals surface area (Å²) in [6.07, 6.45) is 0. The van der Waals surface area contributed by atoms with Crippen LogP contribution in [0.4, 0.5) is 0 Å². The maximum absolute atomic E-state index is 6.01. The van der Waals surface area contributed by atoms with Gasteiger partial charge in [-0.2, -0.15) is 4.68 Å². The van der Waals surface area contributed by atoms with Crippen molar-refractivity contribution in [2.75, 3.05) is 0 Å². The van der Waals surface area contributed by atoms with E-state index in [1.54, 1.807) is 4.68 Å². The Morgan fingerprint density at radius 2 is 2.19 bits per heavy atom. The first kappa shape index (κ1) is 11.5. The van der Waals surface area contributed by atoms with E-state index in [2.05, 4.69) is 31.5 Å². The first-order chi connectivity index (χ1) is 7.59. The molecule has 0 aliphatic heterocycles. The largest absolute Gasteiger partial charge is 0.196 e.